The fourth-order valence-electron chi connectivity index (χ4n) is 3.56. The summed E-state index contributed by atoms with van der Waals surface area (Å²) in [5.41, 5.74) is 4.64. The van der Waals surface area contributed by atoms with Crippen molar-refractivity contribution in [2.75, 3.05) is 18.0 Å². The first-order chi connectivity index (χ1) is 17.3. The van der Waals surface area contributed by atoms with Gasteiger partial charge in [-0.15, -0.1) is 0 Å². The van der Waals surface area contributed by atoms with Crippen LogP contribution in [0.1, 0.15) is 11.1 Å². The maximum absolute atomic E-state index is 13.4. The van der Waals surface area contributed by atoms with Crippen molar-refractivity contribution in [3.63, 3.8) is 0 Å². The number of aryl methyl sites for hydroxylation is 1. The number of methoxy groups -OCH3 is 1. The van der Waals surface area contributed by atoms with Crippen LogP contribution >= 0.6 is 11.6 Å². The Balaban J connectivity index is 1.56. The highest BCUT2D eigenvalue weighted by atomic mass is 35.5. The molecule has 1 amide bonds. The van der Waals surface area contributed by atoms with Gasteiger partial charge < -0.3 is 4.74 Å². The second-order valence-electron chi connectivity index (χ2n) is 7.83. The lowest BCUT2D eigenvalue weighted by molar-refractivity contribution is -0.119. The topological polar surface area (TPSA) is 101 Å². The van der Waals surface area contributed by atoms with Crippen molar-refractivity contribution >= 4 is 50.3 Å². The van der Waals surface area contributed by atoms with Crippen molar-refractivity contribution < 1.29 is 17.9 Å². The molecule has 36 heavy (non-hydrogen) atoms. The van der Waals surface area contributed by atoms with Gasteiger partial charge in [-0.25, -0.2) is 18.8 Å². The van der Waals surface area contributed by atoms with Crippen LogP contribution in [0.4, 0.5) is 5.69 Å². The van der Waals surface area contributed by atoms with Crippen LogP contribution in [0.3, 0.4) is 0 Å². The first kappa shape index (κ1) is 25.2. The van der Waals surface area contributed by atoms with Crippen molar-refractivity contribution in [1.29, 1.82) is 0 Å². The van der Waals surface area contributed by atoms with E-state index in [-0.39, 0.29) is 10.0 Å². The Hall–Kier alpha value is -3.95. The average molecular weight is 523 g/mol. The molecule has 0 fully saturated rings. The predicted molar refractivity (Wildman–Crippen MR) is 141 cm³/mol. The number of sulfonamides is 1. The molecule has 0 atom stereocenters. The Kier molecular flexibility index (Phi) is 7.52. The molecule has 8 nitrogen and oxygen atoms in total. The van der Waals surface area contributed by atoms with E-state index in [0.717, 1.165) is 9.69 Å². The van der Waals surface area contributed by atoms with Gasteiger partial charge in [-0.2, -0.15) is 5.10 Å². The first-order valence-corrected chi connectivity index (χ1v) is 12.7. The fourth-order valence-corrected chi connectivity index (χ4v) is 5.26. The smallest absolute Gasteiger partial charge is 0.264 e. The summed E-state index contributed by atoms with van der Waals surface area (Å²) in [5.74, 6) is 0.0343. The van der Waals surface area contributed by atoms with E-state index in [4.69, 9.17) is 16.3 Å². The quantitative estimate of drug-likeness (QED) is 0.208. The molecule has 0 aliphatic heterocycles. The molecule has 0 aliphatic rings. The molecule has 184 valence electrons. The molecule has 10 heteroatoms. The number of nitrogens with zero attached hydrogens (tertiary/aromatic N) is 3. The molecule has 0 unspecified atom stereocenters. The second-order valence-corrected chi connectivity index (χ2v) is 10.1. The number of pyridine rings is 1. The maximum atomic E-state index is 13.4. The molecule has 0 bridgehead atoms. The Labute approximate surface area is 214 Å². The maximum Gasteiger partial charge on any atom is 0.264 e. The number of hydrogen-bond donors (Lipinski definition) is 1. The van der Waals surface area contributed by atoms with E-state index < -0.39 is 22.5 Å². The Morgan fingerprint density at radius 1 is 1.08 bits per heavy atom. The van der Waals surface area contributed by atoms with Gasteiger partial charge in [-0.3, -0.25) is 9.10 Å². The summed E-state index contributed by atoms with van der Waals surface area (Å²) in [7, 11) is -2.44. The van der Waals surface area contributed by atoms with Crippen molar-refractivity contribution in [2.24, 2.45) is 5.10 Å². The van der Waals surface area contributed by atoms with Crippen LogP contribution in [0.5, 0.6) is 5.75 Å². The molecule has 1 N–H and O–H groups in total. The summed E-state index contributed by atoms with van der Waals surface area (Å²) in [4.78, 5) is 17.2. The molecule has 0 radical (unpaired) electrons. The number of para-hydroxylation sites is 1. The van der Waals surface area contributed by atoms with Gasteiger partial charge in [-0.1, -0.05) is 48.0 Å². The highest BCUT2D eigenvalue weighted by Gasteiger charge is 2.28. The number of rotatable bonds is 8. The normalized spacial score (nSPS) is 11.5. The molecule has 1 aromatic heterocycles. The van der Waals surface area contributed by atoms with E-state index in [0.29, 0.717) is 28.1 Å². The monoisotopic (exact) mass is 522 g/mol. The van der Waals surface area contributed by atoms with Gasteiger partial charge in [0.05, 0.1) is 29.4 Å². The summed E-state index contributed by atoms with van der Waals surface area (Å²) < 4.78 is 33.1. The number of benzene rings is 3. The van der Waals surface area contributed by atoms with Crippen LogP contribution in [-0.4, -0.2) is 39.2 Å². The zero-order valence-electron chi connectivity index (χ0n) is 19.6. The Bertz CT molecular complexity index is 1540. The zero-order chi connectivity index (χ0) is 25.7. The Morgan fingerprint density at radius 2 is 1.81 bits per heavy atom. The molecule has 0 saturated carbocycles. The second kappa shape index (κ2) is 10.8. The number of anilines is 1. The lowest BCUT2D eigenvalue weighted by atomic mass is 10.1. The molecule has 0 saturated heterocycles. The molecular formula is C26H23ClN4O4S. The van der Waals surface area contributed by atoms with Gasteiger partial charge in [0.25, 0.3) is 15.9 Å². The van der Waals surface area contributed by atoms with E-state index in [2.05, 4.69) is 15.5 Å². The fraction of sp³-hybridized carbons (Fsp3) is 0.115. The van der Waals surface area contributed by atoms with Gasteiger partial charge >= 0.3 is 0 Å². The van der Waals surface area contributed by atoms with E-state index in [1.807, 2.05) is 6.07 Å². The lowest BCUT2D eigenvalue weighted by Crippen LogP contribution is -2.40. The van der Waals surface area contributed by atoms with Gasteiger partial charge in [-0.05, 0) is 48.9 Å². The summed E-state index contributed by atoms with van der Waals surface area (Å²) in [6.07, 6.45) is 1.36. The molecule has 4 rings (SSSR count). The predicted octanol–water partition coefficient (Wildman–Crippen LogP) is 4.55. The largest absolute Gasteiger partial charge is 0.497 e. The zero-order valence-corrected chi connectivity index (χ0v) is 21.1. The number of nitrogens with one attached hydrogen (secondary N) is 1. The van der Waals surface area contributed by atoms with Crippen molar-refractivity contribution in [1.82, 2.24) is 10.4 Å². The SMILES string of the molecule is COc1ccc2cc(C=NNC(=O)CN(c3ccccc3C)S(=O)(=O)c3ccccc3)c(Cl)nc2c1. The first-order valence-electron chi connectivity index (χ1n) is 10.9. The Morgan fingerprint density at radius 3 is 2.53 bits per heavy atom. The number of amides is 1. The van der Waals surface area contributed by atoms with Crippen LogP contribution in [-0.2, 0) is 14.8 Å². The van der Waals surface area contributed by atoms with Crippen molar-refractivity contribution in [3.8, 4) is 5.75 Å². The number of ether oxygens (including phenoxy) is 1. The van der Waals surface area contributed by atoms with Crippen LogP contribution in [0.15, 0.2) is 88.9 Å². The average Bonchev–Trinajstić information content (AvgIpc) is 2.88. The van der Waals surface area contributed by atoms with E-state index >= 15 is 0 Å². The molecule has 0 aliphatic carbocycles. The third-order valence-corrected chi connectivity index (χ3v) is 7.48. The number of fused-ring (bicyclic) bond motifs is 1. The molecule has 0 spiro atoms. The number of carbonyl (C=O) groups is 1. The number of aromatic nitrogens is 1. The minimum atomic E-state index is -4.01. The minimum Gasteiger partial charge on any atom is -0.497 e. The van der Waals surface area contributed by atoms with Gasteiger partial charge in [0, 0.05) is 17.0 Å². The van der Waals surface area contributed by atoms with Crippen LogP contribution in [0.2, 0.25) is 5.15 Å². The lowest BCUT2D eigenvalue weighted by Gasteiger charge is -2.25. The third-order valence-electron chi connectivity index (χ3n) is 5.40. The number of carbonyl (C=O) groups excluding carboxylic acids is 1. The number of halogens is 1. The highest BCUT2D eigenvalue weighted by molar-refractivity contribution is 7.92. The summed E-state index contributed by atoms with van der Waals surface area (Å²) in [6, 6.07) is 22.1. The molecular weight excluding hydrogens is 500 g/mol. The van der Waals surface area contributed by atoms with E-state index in [1.54, 1.807) is 74.7 Å². The van der Waals surface area contributed by atoms with Crippen LogP contribution < -0.4 is 14.5 Å². The van der Waals surface area contributed by atoms with E-state index in [1.165, 1.54) is 18.3 Å². The van der Waals surface area contributed by atoms with Gasteiger partial charge in [0.2, 0.25) is 0 Å². The van der Waals surface area contributed by atoms with Gasteiger partial charge in [0.1, 0.15) is 17.4 Å². The molecule has 3 aromatic carbocycles. The van der Waals surface area contributed by atoms with Crippen molar-refractivity contribution in [2.45, 2.75) is 11.8 Å². The minimum absolute atomic E-state index is 0.0789. The summed E-state index contributed by atoms with van der Waals surface area (Å²) in [6.45, 7) is 1.31. The third kappa shape index (κ3) is 5.48. The summed E-state index contributed by atoms with van der Waals surface area (Å²) in [5, 5.41) is 4.98. The highest BCUT2D eigenvalue weighted by Crippen LogP contribution is 2.27. The summed E-state index contributed by atoms with van der Waals surface area (Å²) >= 11 is 6.28. The van der Waals surface area contributed by atoms with E-state index in [9.17, 15) is 13.2 Å². The standard InChI is InChI=1S/C26H23ClN4O4S/c1-18-8-6-7-11-24(18)31(36(33,34)22-9-4-3-5-10-22)17-25(32)30-28-16-20-14-19-12-13-21(35-2)15-23(19)29-26(20)27/h3-16H,17H2,1-2H3,(H,30,32). The number of hydrogen-bond acceptors (Lipinski definition) is 6. The number of hydrazone groups is 1. The van der Waals surface area contributed by atoms with Crippen LogP contribution in [0, 0.1) is 6.92 Å². The molecule has 4 aromatic rings. The van der Waals surface area contributed by atoms with Crippen molar-refractivity contribution in [3.05, 3.63) is 95.1 Å². The van der Waals surface area contributed by atoms with Crippen LogP contribution in [0.25, 0.3) is 10.9 Å². The van der Waals surface area contributed by atoms with Gasteiger partial charge in [0.15, 0.2) is 0 Å². The molecule has 1 heterocycles.